The Kier molecular flexibility index (Phi) is 7.87. The van der Waals surface area contributed by atoms with Crippen molar-refractivity contribution in [2.24, 2.45) is 0 Å². The topological polar surface area (TPSA) is 80.3 Å². The summed E-state index contributed by atoms with van der Waals surface area (Å²) < 4.78 is 5.45. The third kappa shape index (κ3) is 6.60. The lowest BCUT2D eigenvalue weighted by atomic mass is 10.2. The third-order valence-electron chi connectivity index (χ3n) is 3.84. The van der Waals surface area contributed by atoms with Crippen LogP contribution in [-0.4, -0.2) is 28.7 Å². The second-order valence-electron chi connectivity index (χ2n) is 6.72. The zero-order chi connectivity index (χ0) is 21.3. The van der Waals surface area contributed by atoms with E-state index in [1.165, 1.54) is 23.1 Å². The predicted octanol–water partition coefficient (Wildman–Crippen LogP) is 4.86. The van der Waals surface area contributed by atoms with Crippen LogP contribution in [0.25, 0.3) is 0 Å². The molecule has 0 bridgehead atoms. The SMILES string of the molecule is CC(C)NC(=O)CSc1ccccc1C(=O)OCc1csc(Nc2ccccc2)n1. The zero-order valence-electron chi connectivity index (χ0n) is 16.8. The maximum atomic E-state index is 12.6. The Morgan fingerprint density at radius 2 is 1.83 bits per heavy atom. The highest BCUT2D eigenvalue weighted by Crippen LogP contribution is 2.24. The summed E-state index contributed by atoms with van der Waals surface area (Å²) >= 11 is 2.77. The van der Waals surface area contributed by atoms with Crippen LogP contribution in [0.5, 0.6) is 0 Å². The van der Waals surface area contributed by atoms with Crippen molar-refractivity contribution in [3.8, 4) is 0 Å². The molecule has 0 saturated heterocycles. The van der Waals surface area contributed by atoms with E-state index in [-0.39, 0.29) is 24.3 Å². The number of hydrogen-bond donors (Lipinski definition) is 2. The molecule has 6 nitrogen and oxygen atoms in total. The van der Waals surface area contributed by atoms with E-state index in [9.17, 15) is 9.59 Å². The molecule has 8 heteroatoms. The number of aromatic nitrogens is 1. The Morgan fingerprint density at radius 3 is 2.60 bits per heavy atom. The highest BCUT2D eigenvalue weighted by Gasteiger charge is 2.15. The first-order chi connectivity index (χ1) is 14.5. The normalized spacial score (nSPS) is 10.6. The number of carbonyl (C=O) groups excluding carboxylic acids is 2. The molecule has 2 aromatic carbocycles. The van der Waals surface area contributed by atoms with Crippen molar-refractivity contribution in [3.05, 3.63) is 71.2 Å². The van der Waals surface area contributed by atoms with Crippen molar-refractivity contribution >= 4 is 45.8 Å². The molecular weight excluding hydrogens is 418 g/mol. The summed E-state index contributed by atoms with van der Waals surface area (Å²) in [5.41, 5.74) is 2.06. The lowest BCUT2D eigenvalue weighted by Gasteiger charge is -2.10. The highest BCUT2D eigenvalue weighted by molar-refractivity contribution is 8.00. The molecule has 1 aromatic heterocycles. The predicted molar refractivity (Wildman–Crippen MR) is 121 cm³/mol. The van der Waals surface area contributed by atoms with Crippen LogP contribution in [0.1, 0.15) is 29.9 Å². The number of rotatable bonds is 9. The molecule has 0 radical (unpaired) electrons. The summed E-state index contributed by atoms with van der Waals surface area (Å²) in [7, 11) is 0. The van der Waals surface area contributed by atoms with E-state index in [0.717, 1.165) is 10.8 Å². The van der Waals surface area contributed by atoms with Crippen LogP contribution in [0.15, 0.2) is 64.9 Å². The van der Waals surface area contributed by atoms with Crippen LogP contribution in [0.3, 0.4) is 0 Å². The molecular formula is C22H23N3O3S2. The number of carbonyl (C=O) groups is 2. The maximum absolute atomic E-state index is 12.6. The van der Waals surface area contributed by atoms with Crippen molar-refractivity contribution in [2.75, 3.05) is 11.1 Å². The first-order valence-electron chi connectivity index (χ1n) is 9.46. The lowest BCUT2D eigenvalue weighted by Crippen LogP contribution is -2.31. The monoisotopic (exact) mass is 441 g/mol. The summed E-state index contributed by atoms with van der Waals surface area (Å²) in [6.45, 7) is 3.90. The molecule has 0 aliphatic heterocycles. The Balaban J connectivity index is 1.56. The van der Waals surface area contributed by atoms with Gasteiger partial charge in [-0.15, -0.1) is 23.1 Å². The highest BCUT2D eigenvalue weighted by atomic mass is 32.2. The van der Waals surface area contributed by atoms with Gasteiger partial charge in [-0.05, 0) is 38.1 Å². The van der Waals surface area contributed by atoms with Gasteiger partial charge in [0.25, 0.3) is 0 Å². The van der Waals surface area contributed by atoms with E-state index in [4.69, 9.17) is 4.74 Å². The average Bonchev–Trinajstić information content (AvgIpc) is 3.18. The van der Waals surface area contributed by atoms with Gasteiger partial charge in [-0.1, -0.05) is 30.3 Å². The molecule has 30 heavy (non-hydrogen) atoms. The van der Waals surface area contributed by atoms with Crippen LogP contribution in [0.4, 0.5) is 10.8 Å². The van der Waals surface area contributed by atoms with Crippen molar-refractivity contribution in [1.82, 2.24) is 10.3 Å². The maximum Gasteiger partial charge on any atom is 0.339 e. The van der Waals surface area contributed by atoms with E-state index in [0.29, 0.717) is 16.2 Å². The summed E-state index contributed by atoms with van der Waals surface area (Å²) in [4.78, 5) is 29.6. The molecule has 0 fully saturated rings. The van der Waals surface area contributed by atoms with E-state index >= 15 is 0 Å². The molecule has 0 aliphatic rings. The number of hydrogen-bond acceptors (Lipinski definition) is 7. The number of nitrogens with one attached hydrogen (secondary N) is 2. The minimum Gasteiger partial charge on any atom is -0.456 e. The van der Waals surface area contributed by atoms with Gasteiger partial charge < -0.3 is 15.4 Å². The molecule has 0 aliphatic carbocycles. The van der Waals surface area contributed by atoms with Crippen LogP contribution >= 0.6 is 23.1 Å². The Bertz CT molecular complexity index is 990. The average molecular weight is 442 g/mol. The van der Waals surface area contributed by atoms with E-state index in [1.807, 2.05) is 61.7 Å². The second kappa shape index (κ2) is 10.8. The molecule has 1 heterocycles. The number of anilines is 2. The van der Waals surface area contributed by atoms with Crippen molar-refractivity contribution in [1.29, 1.82) is 0 Å². The van der Waals surface area contributed by atoms with Crippen molar-refractivity contribution in [2.45, 2.75) is 31.4 Å². The molecule has 1 amide bonds. The number of thioether (sulfide) groups is 1. The molecule has 3 rings (SSSR count). The van der Waals surface area contributed by atoms with E-state index in [1.54, 1.807) is 12.1 Å². The Labute approximate surface area is 184 Å². The zero-order valence-corrected chi connectivity index (χ0v) is 18.4. The van der Waals surface area contributed by atoms with Gasteiger partial charge in [0.2, 0.25) is 5.91 Å². The number of nitrogens with zero attached hydrogens (tertiary/aromatic N) is 1. The van der Waals surface area contributed by atoms with Gasteiger partial charge in [0.1, 0.15) is 6.61 Å². The van der Waals surface area contributed by atoms with Gasteiger partial charge in [0.05, 0.1) is 17.0 Å². The van der Waals surface area contributed by atoms with Crippen LogP contribution in [-0.2, 0) is 16.1 Å². The summed E-state index contributed by atoms with van der Waals surface area (Å²) in [6, 6.07) is 17.0. The Morgan fingerprint density at radius 1 is 1.10 bits per heavy atom. The molecule has 0 saturated carbocycles. The number of ether oxygens (including phenoxy) is 1. The molecule has 2 N–H and O–H groups in total. The second-order valence-corrected chi connectivity index (χ2v) is 8.59. The largest absolute Gasteiger partial charge is 0.456 e. The molecule has 0 unspecified atom stereocenters. The number of thiazole rings is 1. The van der Waals surface area contributed by atoms with Crippen LogP contribution < -0.4 is 10.6 Å². The molecule has 3 aromatic rings. The molecule has 0 atom stereocenters. The van der Waals surface area contributed by atoms with Gasteiger partial charge in [-0.2, -0.15) is 0 Å². The number of benzene rings is 2. The third-order valence-corrected chi connectivity index (χ3v) is 5.72. The quantitative estimate of drug-likeness (QED) is 0.365. The summed E-state index contributed by atoms with van der Waals surface area (Å²) in [5.74, 6) is -0.268. The van der Waals surface area contributed by atoms with Crippen LogP contribution in [0, 0.1) is 0 Å². The fourth-order valence-electron chi connectivity index (χ4n) is 2.56. The standard InChI is InChI=1S/C22H23N3O3S2/c1-15(2)23-20(26)14-29-19-11-7-6-10-18(19)21(27)28-12-17-13-30-22(25-17)24-16-8-4-3-5-9-16/h3-11,13,15H,12,14H2,1-2H3,(H,23,26)(H,24,25). The van der Waals surface area contributed by atoms with Crippen LogP contribution in [0.2, 0.25) is 0 Å². The minimum atomic E-state index is -0.437. The number of para-hydroxylation sites is 1. The number of amides is 1. The van der Waals surface area contributed by atoms with Gasteiger partial charge in [0.15, 0.2) is 5.13 Å². The first kappa shape index (κ1) is 21.9. The lowest BCUT2D eigenvalue weighted by molar-refractivity contribution is -0.119. The minimum absolute atomic E-state index is 0.0703. The smallest absolute Gasteiger partial charge is 0.339 e. The fraction of sp³-hybridized carbons (Fsp3) is 0.227. The fourth-order valence-corrected chi connectivity index (χ4v) is 4.13. The van der Waals surface area contributed by atoms with Gasteiger partial charge in [-0.3, -0.25) is 4.79 Å². The summed E-state index contributed by atoms with van der Waals surface area (Å²) in [5, 5.41) is 8.65. The van der Waals surface area contributed by atoms with Gasteiger partial charge in [0, 0.05) is 22.0 Å². The Hall–Kier alpha value is -2.84. The van der Waals surface area contributed by atoms with Crippen molar-refractivity contribution < 1.29 is 14.3 Å². The molecule has 156 valence electrons. The first-order valence-corrected chi connectivity index (χ1v) is 11.3. The van der Waals surface area contributed by atoms with Gasteiger partial charge in [-0.25, -0.2) is 9.78 Å². The molecule has 0 spiro atoms. The summed E-state index contributed by atoms with van der Waals surface area (Å²) in [6.07, 6.45) is 0. The van der Waals surface area contributed by atoms with E-state index < -0.39 is 5.97 Å². The van der Waals surface area contributed by atoms with Gasteiger partial charge >= 0.3 is 5.97 Å². The number of esters is 1. The van der Waals surface area contributed by atoms with Crippen molar-refractivity contribution in [3.63, 3.8) is 0 Å². The van der Waals surface area contributed by atoms with E-state index in [2.05, 4.69) is 15.6 Å².